The third kappa shape index (κ3) is 5.01. The van der Waals surface area contributed by atoms with Gasteiger partial charge in [0.25, 0.3) is 0 Å². The van der Waals surface area contributed by atoms with Crippen LogP contribution in [-0.4, -0.2) is 49.8 Å². The maximum atomic E-state index is 13.0. The molecule has 2 aliphatic rings. The molecule has 154 valence electrons. The zero-order valence-corrected chi connectivity index (χ0v) is 17.1. The number of ether oxygens (including phenoxy) is 1. The van der Waals surface area contributed by atoms with Crippen molar-refractivity contribution in [2.75, 3.05) is 23.7 Å². The van der Waals surface area contributed by atoms with Crippen molar-refractivity contribution in [2.45, 2.75) is 45.8 Å². The molecule has 2 amide bonds. The number of carbonyl (C=O) groups excluding carboxylic acids is 2. The second kappa shape index (κ2) is 7.35. The Morgan fingerprint density at radius 3 is 2.64 bits per heavy atom. The molecule has 9 heteroatoms. The van der Waals surface area contributed by atoms with E-state index < -0.39 is 27.5 Å². The van der Waals surface area contributed by atoms with E-state index in [-0.39, 0.29) is 25.0 Å². The summed E-state index contributed by atoms with van der Waals surface area (Å²) < 4.78 is 40.1. The van der Waals surface area contributed by atoms with Crippen LogP contribution in [0.25, 0.3) is 0 Å². The van der Waals surface area contributed by atoms with Crippen molar-refractivity contribution >= 4 is 27.9 Å². The van der Waals surface area contributed by atoms with E-state index in [2.05, 4.69) is 0 Å². The molecule has 0 aliphatic carbocycles. The zero-order chi connectivity index (χ0) is 20.7. The van der Waals surface area contributed by atoms with Gasteiger partial charge in [-0.15, -0.1) is 3.89 Å². The normalized spacial score (nSPS) is 20.3. The number of carbonyl (C=O) groups is 2. The highest BCUT2D eigenvalue weighted by molar-refractivity contribution is 7.86. The van der Waals surface area contributed by atoms with Crippen LogP contribution in [0.1, 0.15) is 38.3 Å². The molecule has 0 radical (unpaired) electrons. The van der Waals surface area contributed by atoms with Gasteiger partial charge in [-0.05, 0) is 50.5 Å². The first-order valence-corrected chi connectivity index (χ1v) is 10.8. The molecule has 0 spiro atoms. The van der Waals surface area contributed by atoms with E-state index in [0.29, 0.717) is 25.2 Å². The highest BCUT2D eigenvalue weighted by Crippen LogP contribution is 2.30. The molecule has 1 fully saturated rings. The van der Waals surface area contributed by atoms with Crippen LogP contribution in [0, 0.1) is 5.92 Å². The minimum Gasteiger partial charge on any atom is -0.444 e. The summed E-state index contributed by atoms with van der Waals surface area (Å²) in [5.74, 6) is -1.43. The number of rotatable bonds is 3. The van der Waals surface area contributed by atoms with Crippen molar-refractivity contribution in [1.82, 2.24) is 4.90 Å². The van der Waals surface area contributed by atoms with Crippen molar-refractivity contribution in [3.63, 3.8) is 0 Å². The molecular formula is C19H25FN2O5S. The minimum absolute atomic E-state index is 0.00423. The Hall–Kier alpha value is -2.16. The predicted octanol–water partition coefficient (Wildman–Crippen LogP) is 2.63. The molecule has 28 heavy (non-hydrogen) atoms. The lowest BCUT2D eigenvalue weighted by molar-refractivity contribution is -0.117. The summed E-state index contributed by atoms with van der Waals surface area (Å²) in [6.45, 7) is 6.54. The summed E-state index contributed by atoms with van der Waals surface area (Å²) in [6, 6.07) is 5.58. The molecule has 1 saturated heterocycles. The van der Waals surface area contributed by atoms with Gasteiger partial charge >= 0.3 is 16.3 Å². The van der Waals surface area contributed by atoms with E-state index in [1.165, 1.54) is 4.90 Å². The van der Waals surface area contributed by atoms with Gasteiger partial charge in [0.1, 0.15) is 5.60 Å². The Labute approximate surface area is 164 Å². The highest BCUT2D eigenvalue weighted by Gasteiger charge is 2.34. The van der Waals surface area contributed by atoms with Gasteiger partial charge in [-0.3, -0.25) is 4.79 Å². The van der Waals surface area contributed by atoms with Gasteiger partial charge in [-0.2, -0.15) is 8.42 Å². The van der Waals surface area contributed by atoms with Crippen LogP contribution in [0.5, 0.6) is 0 Å². The first-order chi connectivity index (χ1) is 12.9. The first kappa shape index (κ1) is 20.6. The molecule has 3 rings (SSSR count). The summed E-state index contributed by atoms with van der Waals surface area (Å²) >= 11 is 0. The second-order valence-electron chi connectivity index (χ2n) is 8.38. The van der Waals surface area contributed by atoms with Crippen molar-refractivity contribution < 1.29 is 26.6 Å². The Bertz CT molecular complexity index is 894. The highest BCUT2D eigenvalue weighted by atomic mass is 32.3. The van der Waals surface area contributed by atoms with Crippen LogP contribution in [-0.2, 0) is 32.7 Å². The Morgan fingerprint density at radius 2 is 2.00 bits per heavy atom. The Balaban J connectivity index is 1.74. The topological polar surface area (TPSA) is 84.0 Å². The lowest BCUT2D eigenvalue weighted by atomic mass is 9.99. The maximum absolute atomic E-state index is 13.0. The molecule has 2 heterocycles. The van der Waals surface area contributed by atoms with Crippen molar-refractivity contribution in [3.8, 4) is 0 Å². The van der Waals surface area contributed by atoms with Crippen LogP contribution < -0.4 is 4.90 Å². The van der Waals surface area contributed by atoms with Gasteiger partial charge < -0.3 is 14.5 Å². The number of amides is 2. The third-order valence-corrected chi connectivity index (χ3v) is 5.67. The van der Waals surface area contributed by atoms with Crippen LogP contribution in [0.15, 0.2) is 18.2 Å². The van der Waals surface area contributed by atoms with Crippen LogP contribution in [0.2, 0.25) is 0 Å². The van der Waals surface area contributed by atoms with E-state index in [9.17, 15) is 21.9 Å². The standard InChI is InChI=1S/C19H25FN2O5S/c1-19(2,3)27-18(24)21-7-6-14-4-5-16(9-15(14)11-21)22-10-13(8-17(22)23)12-28(20,25)26/h4-5,9,13H,6-8,10-12H2,1-3H3. The van der Waals surface area contributed by atoms with Gasteiger partial charge in [-0.1, -0.05) is 6.07 Å². The number of fused-ring (bicyclic) bond motifs is 1. The molecular weight excluding hydrogens is 387 g/mol. The molecule has 2 aliphatic heterocycles. The van der Waals surface area contributed by atoms with Crippen molar-refractivity contribution in [3.05, 3.63) is 29.3 Å². The zero-order valence-electron chi connectivity index (χ0n) is 16.3. The van der Waals surface area contributed by atoms with Crippen LogP contribution >= 0.6 is 0 Å². The summed E-state index contributed by atoms with van der Waals surface area (Å²) in [6.07, 6.45) is 0.310. The molecule has 0 N–H and O–H groups in total. The van der Waals surface area contributed by atoms with Crippen molar-refractivity contribution in [1.29, 1.82) is 0 Å². The van der Waals surface area contributed by atoms with Gasteiger partial charge in [0.2, 0.25) is 5.91 Å². The largest absolute Gasteiger partial charge is 0.444 e. The van der Waals surface area contributed by atoms with Crippen LogP contribution in [0.3, 0.4) is 0 Å². The number of hydrogen-bond donors (Lipinski definition) is 0. The van der Waals surface area contributed by atoms with Gasteiger partial charge in [0.05, 0.1) is 5.75 Å². The molecule has 1 aromatic carbocycles. The smallest absolute Gasteiger partial charge is 0.410 e. The molecule has 0 saturated carbocycles. The van der Waals surface area contributed by atoms with E-state index in [1.807, 2.05) is 39.0 Å². The van der Waals surface area contributed by atoms with E-state index >= 15 is 0 Å². The average molecular weight is 412 g/mol. The first-order valence-electron chi connectivity index (χ1n) is 9.24. The van der Waals surface area contributed by atoms with Gasteiger partial charge in [0.15, 0.2) is 0 Å². The van der Waals surface area contributed by atoms with E-state index in [1.54, 1.807) is 4.90 Å². The molecule has 0 aromatic heterocycles. The molecule has 1 aromatic rings. The fourth-order valence-electron chi connectivity index (χ4n) is 3.62. The number of halogens is 1. The summed E-state index contributed by atoms with van der Waals surface area (Å²) in [4.78, 5) is 27.7. The predicted molar refractivity (Wildman–Crippen MR) is 102 cm³/mol. The summed E-state index contributed by atoms with van der Waals surface area (Å²) in [5.41, 5.74) is 2.07. The van der Waals surface area contributed by atoms with E-state index in [0.717, 1.165) is 11.1 Å². The van der Waals surface area contributed by atoms with Crippen LogP contribution in [0.4, 0.5) is 14.4 Å². The lowest BCUT2D eigenvalue weighted by Crippen LogP contribution is -2.40. The average Bonchev–Trinajstić information content (AvgIpc) is 2.90. The Morgan fingerprint density at radius 1 is 1.29 bits per heavy atom. The molecule has 0 bridgehead atoms. The fourth-order valence-corrected chi connectivity index (χ4v) is 4.40. The maximum Gasteiger partial charge on any atom is 0.410 e. The minimum atomic E-state index is -4.62. The monoisotopic (exact) mass is 412 g/mol. The lowest BCUT2D eigenvalue weighted by Gasteiger charge is -2.32. The summed E-state index contributed by atoms with van der Waals surface area (Å²) in [7, 11) is -4.62. The Kier molecular flexibility index (Phi) is 5.40. The van der Waals surface area contributed by atoms with E-state index in [4.69, 9.17) is 4.74 Å². The number of anilines is 1. The number of benzene rings is 1. The number of hydrogen-bond acceptors (Lipinski definition) is 5. The third-order valence-electron chi connectivity index (χ3n) is 4.81. The molecule has 1 unspecified atom stereocenters. The SMILES string of the molecule is CC(C)(C)OC(=O)N1CCc2ccc(N3CC(CS(=O)(=O)F)CC3=O)cc2C1. The van der Waals surface area contributed by atoms with Crippen molar-refractivity contribution in [2.24, 2.45) is 5.92 Å². The number of nitrogens with zero attached hydrogens (tertiary/aromatic N) is 2. The summed E-state index contributed by atoms with van der Waals surface area (Å²) in [5, 5.41) is 0. The fraction of sp³-hybridized carbons (Fsp3) is 0.579. The van der Waals surface area contributed by atoms with Gasteiger partial charge in [-0.25, -0.2) is 4.79 Å². The molecule has 7 nitrogen and oxygen atoms in total. The van der Waals surface area contributed by atoms with Gasteiger partial charge in [0, 0.05) is 37.7 Å². The molecule has 1 atom stereocenters. The quantitative estimate of drug-likeness (QED) is 0.713. The second-order valence-corrected chi connectivity index (χ2v) is 9.80.